The van der Waals surface area contributed by atoms with Crippen molar-refractivity contribution in [3.05, 3.63) is 65.2 Å². The zero-order valence-corrected chi connectivity index (χ0v) is 13.7. The van der Waals surface area contributed by atoms with Crippen molar-refractivity contribution >= 4 is 35.2 Å². The standard InChI is InChI=1S/C17H17N3O2S/c1-12-6-8-13(9-7-12)11-18-20-17(23)19-15-5-3-4-14(10-15)16(21)22-2/h3-11H,1-2H3,(H2,19,20,23). The average molecular weight is 327 g/mol. The number of nitrogens with zero attached hydrogens (tertiary/aromatic N) is 1. The highest BCUT2D eigenvalue weighted by atomic mass is 32.1. The summed E-state index contributed by atoms with van der Waals surface area (Å²) in [5, 5.41) is 7.36. The third-order valence-electron chi connectivity index (χ3n) is 3.00. The van der Waals surface area contributed by atoms with Crippen LogP contribution in [0, 0.1) is 6.92 Å². The number of anilines is 1. The first-order chi connectivity index (χ1) is 11.1. The Bertz CT molecular complexity index is 727. The van der Waals surface area contributed by atoms with Gasteiger partial charge in [-0.25, -0.2) is 4.79 Å². The molecule has 2 aromatic carbocycles. The van der Waals surface area contributed by atoms with E-state index in [-0.39, 0.29) is 0 Å². The Hall–Kier alpha value is -2.73. The number of nitrogens with one attached hydrogen (secondary N) is 2. The summed E-state index contributed by atoms with van der Waals surface area (Å²) in [5.74, 6) is -0.398. The number of thiocarbonyl (C=S) groups is 1. The number of methoxy groups -OCH3 is 1. The maximum absolute atomic E-state index is 11.5. The summed E-state index contributed by atoms with van der Waals surface area (Å²) >= 11 is 5.16. The summed E-state index contributed by atoms with van der Waals surface area (Å²) in [4.78, 5) is 11.5. The number of aryl methyl sites for hydroxylation is 1. The molecule has 0 aliphatic carbocycles. The van der Waals surface area contributed by atoms with Gasteiger partial charge in [0.15, 0.2) is 5.11 Å². The van der Waals surface area contributed by atoms with Gasteiger partial charge in [0, 0.05) is 5.69 Å². The van der Waals surface area contributed by atoms with Crippen molar-refractivity contribution in [2.75, 3.05) is 12.4 Å². The second kappa shape index (κ2) is 8.05. The SMILES string of the molecule is COC(=O)c1cccc(NC(=S)NN=Cc2ccc(C)cc2)c1. The van der Waals surface area contributed by atoms with Gasteiger partial charge < -0.3 is 10.1 Å². The molecule has 0 bridgehead atoms. The molecule has 0 aliphatic heterocycles. The van der Waals surface area contributed by atoms with E-state index in [1.165, 1.54) is 12.7 Å². The van der Waals surface area contributed by atoms with E-state index in [2.05, 4.69) is 20.6 Å². The van der Waals surface area contributed by atoms with E-state index < -0.39 is 5.97 Å². The topological polar surface area (TPSA) is 62.7 Å². The summed E-state index contributed by atoms with van der Waals surface area (Å²) < 4.78 is 4.68. The number of esters is 1. The Morgan fingerprint density at radius 1 is 1.22 bits per heavy atom. The third-order valence-corrected chi connectivity index (χ3v) is 3.19. The molecule has 2 aromatic rings. The molecule has 0 heterocycles. The van der Waals surface area contributed by atoms with E-state index in [4.69, 9.17) is 12.2 Å². The molecule has 118 valence electrons. The zero-order valence-electron chi connectivity index (χ0n) is 12.9. The molecule has 0 spiro atoms. The summed E-state index contributed by atoms with van der Waals surface area (Å²) in [6.07, 6.45) is 1.68. The van der Waals surface area contributed by atoms with Crippen LogP contribution in [0.3, 0.4) is 0 Å². The Balaban J connectivity index is 1.92. The molecular weight excluding hydrogens is 310 g/mol. The van der Waals surface area contributed by atoms with Gasteiger partial charge in [0.1, 0.15) is 0 Å². The molecule has 0 fully saturated rings. The Morgan fingerprint density at radius 3 is 2.65 bits per heavy atom. The zero-order chi connectivity index (χ0) is 16.7. The summed E-state index contributed by atoms with van der Waals surface area (Å²) in [7, 11) is 1.34. The van der Waals surface area contributed by atoms with Gasteiger partial charge >= 0.3 is 5.97 Å². The summed E-state index contributed by atoms with van der Waals surface area (Å²) in [6, 6.07) is 14.8. The van der Waals surface area contributed by atoms with Gasteiger partial charge in [-0.1, -0.05) is 35.9 Å². The Kier molecular flexibility index (Phi) is 5.82. The first-order valence-corrected chi connectivity index (χ1v) is 7.34. The third kappa shape index (κ3) is 5.19. The molecule has 0 radical (unpaired) electrons. The van der Waals surface area contributed by atoms with E-state index in [0.717, 1.165) is 5.56 Å². The van der Waals surface area contributed by atoms with Crippen molar-refractivity contribution in [2.24, 2.45) is 5.10 Å². The largest absolute Gasteiger partial charge is 0.465 e. The van der Waals surface area contributed by atoms with E-state index in [1.807, 2.05) is 31.2 Å². The summed E-state index contributed by atoms with van der Waals surface area (Å²) in [5.41, 5.74) is 6.02. The van der Waals surface area contributed by atoms with Crippen LogP contribution in [0.1, 0.15) is 21.5 Å². The molecule has 2 rings (SSSR count). The predicted octanol–water partition coefficient (Wildman–Crippen LogP) is 3.10. The van der Waals surface area contributed by atoms with Crippen molar-refractivity contribution in [2.45, 2.75) is 6.92 Å². The number of carbonyl (C=O) groups excluding carboxylic acids is 1. The Morgan fingerprint density at radius 2 is 1.96 bits per heavy atom. The lowest BCUT2D eigenvalue weighted by Gasteiger charge is -2.08. The molecule has 6 heteroatoms. The van der Waals surface area contributed by atoms with Crippen LogP contribution in [-0.4, -0.2) is 24.4 Å². The molecule has 0 saturated carbocycles. The number of carbonyl (C=O) groups is 1. The molecule has 0 aromatic heterocycles. The fourth-order valence-electron chi connectivity index (χ4n) is 1.82. The smallest absolute Gasteiger partial charge is 0.337 e. The fraction of sp³-hybridized carbons (Fsp3) is 0.118. The second-order valence-corrected chi connectivity index (χ2v) is 5.22. The van der Waals surface area contributed by atoms with Gasteiger partial charge in [-0.15, -0.1) is 0 Å². The maximum Gasteiger partial charge on any atom is 0.337 e. The van der Waals surface area contributed by atoms with E-state index in [0.29, 0.717) is 16.4 Å². The van der Waals surface area contributed by atoms with E-state index >= 15 is 0 Å². The molecule has 2 N–H and O–H groups in total. The number of hydrazone groups is 1. The van der Waals surface area contributed by atoms with Crippen LogP contribution in [0.4, 0.5) is 5.69 Å². The van der Waals surface area contributed by atoms with Crippen LogP contribution >= 0.6 is 12.2 Å². The highest BCUT2D eigenvalue weighted by molar-refractivity contribution is 7.80. The molecule has 5 nitrogen and oxygen atoms in total. The van der Waals surface area contributed by atoms with Crippen molar-refractivity contribution < 1.29 is 9.53 Å². The number of hydrogen-bond donors (Lipinski definition) is 2. The number of rotatable bonds is 4. The molecule has 0 saturated heterocycles. The predicted molar refractivity (Wildman–Crippen MR) is 95.9 cm³/mol. The summed E-state index contributed by atoms with van der Waals surface area (Å²) in [6.45, 7) is 2.03. The van der Waals surface area contributed by atoms with Crippen molar-refractivity contribution in [1.82, 2.24) is 5.43 Å². The van der Waals surface area contributed by atoms with Gasteiger partial charge in [0.25, 0.3) is 0 Å². The monoisotopic (exact) mass is 327 g/mol. The van der Waals surface area contributed by atoms with Crippen molar-refractivity contribution in [3.63, 3.8) is 0 Å². The van der Waals surface area contributed by atoms with Gasteiger partial charge in [-0.05, 0) is 42.9 Å². The maximum atomic E-state index is 11.5. The normalized spacial score (nSPS) is 10.3. The first kappa shape index (κ1) is 16.6. The quantitative estimate of drug-likeness (QED) is 0.391. The lowest BCUT2D eigenvalue weighted by molar-refractivity contribution is 0.0601. The van der Waals surface area contributed by atoms with Gasteiger partial charge in [0.05, 0.1) is 18.9 Å². The fourth-order valence-corrected chi connectivity index (χ4v) is 1.99. The van der Waals surface area contributed by atoms with E-state index in [1.54, 1.807) is 30.5 Å². The van der Waals surface area contributed by atoms with Gasteiger partial charge in [0.2, 0.25) is 0 Å². The minimum absolute atomic E-state index is 0.329. The molecule has 0 atom stereocenters. The van der Waals surface area contributed by atoms with E-state index in [9.17, 15) is 4.79 Å². The lowest BCUT2D eigenvalue weighted by Crippen LogP contribution is -2.24. The van der Waals surface area contributed by atoms with Crippen LogP contribution in [0.2, 0.25) is 0 Å². The average Bonchev–Trinajstić information content (AvgIpc) is 2.56. The van der Waals surface area contributed by atoms with Gasteiger partial charge in [-0.3, -0.25) is 5.43 Å². The van der Waals surface area contributed by atoms with Crippen LogP contribution in [0.25, 0.3) is 0 Å². The minimum atomic E-state index is -0.398. The molecule has 0 amide bonds. The molecule has 0 aliphatic rings. The highest BCUT2D eigenvalue weighted by Crippen LogP contribution is 2.11. The molecule has 0 unspecified atom stereocenters. The van der Waals surface area contributed by atoms with Crippen LogP contribution in [0.15, 0.2) is 53.6 Å². The Labute approximate surface area is 140 Å². The number of ether oxygens (including phenoxy) is 1. The van der Waals surface area contributed by atoms with Crippen molar-refractivity contribution in [1.29, 1.82) is 0 Å². The first-order valence-electron chi connectivity index (χ1n) is 6.93. The molecular formula is C17H17N3O2S. The molecule has 23 heavy (non-hydrogen) atoms. The minimum Gasteiger partial charge on any atom is -0.465 e. The van der Waals surface area contributed by atoms with Crippen LogP contribution in [-0.2, 0) is 4.74 Å². The van der Waals surface area contributed by atoms with Crippen LogP contribution < -0.4 is 10.7 Å². The van der Waals surface area contributed by atoms with Gasteiger partial charge in [-0.2, -0.15) is 5.10 Å². The second-order valence-electron chi connectivity index (χ2n) is 4.81. The van der Waals surface area contributed by atoms with Crippen molar-refractivity contribution in [3.8, 4) is 0 Å². The number of hydrogen-bond acceptors (Lipinski definition) is 4. The highest BCUT2D eigenvalue weighted by Gasteiger charge is 2.05. The number of benzene rings is 2. The van der Waals surface area contributed by atoms with Crippen LogP contribution in [0.5, 0.6) is 0 Å². The lowest BCUT2D eigenvalue weighted by atomic mass is 10.2.